The second-order valence-corrected chi connectivity index (χ2v) is 11.9. The zero-order valence-corrected chi connectivity index (χ0v) is 24.6. The van der Waals surface area contributed by atoms with Crippen molar-refractivity contribution in [1.82, 2.24) is 10.2 Å². The summed E-state index contributed by atoms with van der Waals surface area (Å²) in [7, 11) is -2.69. The van der Waals surface area contributed by atoms with Gasteiger partial charge in [-0.05, 0) is 66.4 Å². The Bertz CT molecular complexity index is 1630. The van der Waals surface area contributed by atoms with Crippen molar-refractivity contribution < 1.29 is 22.4 Å². The molecule has 0 bridgehead atoms. The molecule has 0 saturated carbocycles. The first-order chi connectivity index (χ1) is 20.1. The van der Waals surface area contributed by atoms with Crippen molar-refractivity contribution in [2.75, 3.05) is 17.9 Å². The van der Waals surface area contributed by atoms with E-state index in [4.69, 9.17) is 0 Å². The summed E-state index contributed by atoms with van der Waals surface area (Å²) in [6, 6.07) is 27.3. The van der Waals surface area contributed by atoms with Crippen LogP contribution >= 0.6 is 0 Å². The normalized spacial score (nSPS) is 11.9. The fourth-order valence-electron chi connectivity index (χ4n) is 4.73. The molecule has 0 radical (unpaired) electrons. The number of carbonyl (C=O) groups is 2. The van der Waals surface area contributed by atoms with Crippen LogP contribution in [0.15, 0.2) is 108 Å². The van der Waals surface area contributed by atoms with Gasteiger partial charge in [0.1, 0.15) is 18.4 Å². The molecule has 4 aromatic rings. The molecule has 0 aliphatic heterocycles. The molecule has 0 aliphatic carbocycles. The Labute approximate surface area is 246 Å². The van der Waals surface area contributed by atoms with Gasteiger partial charge >= 0.3 is 0 Å². The number of hydrogen-bond donors (Lipinski definition) is 1. The maximum absolute atomic E-state index is 14.3. The second-order valence-electron chi connectivity index (χ2n) is 10.1. The molecule has 1 atom stereocenters. The summed E-state index contributed by atoms with van der Waals surface area (Å²) in [5, 5.41) is 2.65. The summed E-state index contributed by atoms with van der Waals surface area (Å²) in [5.74, 6) is -1.42. The Morgan fingerprint density at radius 1 is 0.833 bits per heavy atom. The highest BCUT2D eigenvalue weighted by Gasteiger charge is 2.34. The molecule has 0 heterocycles. The standard InChI is InChI=1S/C33H34FN3O4S/c1-24-14-15-25(2)30(20-24)37(42(40,41)29-12-8-5-9-13-29)23-32(38)36(22-27-16-18-28(34)19-17-27)31(33(39)35-3)21-26-10-6-4-7-11-26/h4-20,31H,21-23H2,1-3H3,(H,35,39)/t31-/m0/s1. The van der Waals surface area contributed by atoms with E-state index >= 15 is 0 Å². The van der Waals surface area contributed by atoms with Crippen LogP contribution in [-0.2, 0) is 32.6 Å². The molecule has 1 N–H and O–H groups in total. The summed E-state index contributed by atoms with van der Waals surface area (Å²) in [4.78, 5) is 29.0. The first-order valence-electron chi connectivity index (χ1n) is 13.5. The van der Waals surface area contributed by atoms with Crippen molar-refractivity contribution in [3.05, 3.63) is 131 Å². The average molecular weight is 588 g/mol. The van der Waals surface area contributed by atoms with Gasteiger partial charge in [-0.15, -0.1) is 0 Å². The summed E-state index contributed by atoms with van der Waals surface area (Å²) in [6.07, 6.45) is 0.197. The van der Waals surface area contributed by atoms with Crippen molar-refractivity contribution in [2.24, 2.45) is 0 Å². The van der Waals surface area contributed by atoms with Gasteiger partial charge in [0, 0.05) is 20.0 Å². The first-order valence-corrected chi connectivity index (χ1v) is 15.0. The van der Waals surface area contributed by atoms with Gasteiger partial charge in [-0.3, -0.25) is 13.9 Å². The van der Waals surface area contributed by atoms with E-state index < -0.39 is 40.2 Å². The number of anilines is 1. The van der Waals surface area contributed by atoms with Crippen molar-refractivity contribution in [1.29, 1.82) is 0 Å². The van der Waals surface area contributed by atoms with Crippen LogP contribution in [0.4, 0.5) is 10.1 Å². The Kier molecular flexibility index (Phi) is 9.75. The number of aryl methyl sites for hydroxylation is 2. The third kappa shape index (κ3) is 7.22. The molecule has 42 heavy (non-hydrogen) atoms. The lowest BCUT2D eigenvalue weighted by Crippen LogP contribution is -2.53. The molecule has 7 nitrogen and oxygen atoms in total. The molecule has 4 rings (SSSR count). The van der Waals surface area contributed by atoms with Crippen LogP contribution in [0.25, 0.3) is 0 Å². The lowest BCUT2D eigenvalue weighted by atomic mass is 10.0. The summed E-state index contributed by atoms with van der Waals surface area (Å²) in [5.41, 5.74) is 3.28. The van der Waals surface area contributed by atoms with Crippen molar-refractivity contribution >= 4 is 27.5 Å². The molecule has 0 spiro atoms. The molecule has 2 amide bonds. The highest BCUT2D eigenvalue weighted by molar-refractivity contribution is 7.92. The fourth-order valence-corrected chi connectivity index (χ4v) is 6.22. The van der Waals surface area contributed by atoms with Crippen LogP contribution in [0, 0.1) is 19.7 Å². The van der Waals surface area contributed by atoms with Crippen LogP contribution < -0.4 is 9.62 Å². The lowest BCUT2D eigenvalue weighted by Gasteiger charge is -2.34. The monoisotopic (exact) mass is 587 g/mol. The quantitative estimate of drug-likeness (QED) is 0.267. The van der Waals surface area contributed by atoms with Crippen molar-refractivity contribution in [3.8, 4) is 0 Å². The smallest absolute Gasteiger partial charge is 0.264 e. The molecule has 0 aliphatic rings. The Morgan fingerprint density at radius 3 is 2.07 bits per heavy atom. The highest BCUT2D eigenvalue weighted by atomic mass is 32.2. The predicted octanol–water partition coefficient (Wildman–Crippen LogP) is 5.02. The van der Waals surface area contributed by atoms with Crippen LogP contribution in [-0.4, -0.2) is 44.8 Å². The zero-order valence-electron chi connectivity index (χ0n) is 23.8. The number of hydrogen-bond acceptors (Lipinski definition) is 4. The lowest BCUT2D eigenvalue weighted by molar-refractivity contribution is -0.139. The van der Waals surface area contributed by atoms with E-state index in [0.717, 1.165) is 15.4 Å². The second kappa shape index (κ2) is 13.4. The molecule has 0 saturated heterocycles. The third-order valence-electron chi connectivity index (χ3n) is 7.03. The van der Waals surface area contributed by atoms with E-state index in [2.05, 4.69) is 5.32 Å². The topological polar surface area (TPSA) is 86.8 Å². The van der Waals surface area contributed by atoms with Gasteiger partial charge < -0.3 is 10.2 Å². The SMILES string of the molecule is CNC(=O)[C@H](Cc1ccccc1)N(Cc1ccc(F)cc1)C(=O)CN(c1cc(C)ccc1C)S(=O)(=O)c1ccccc1. The number of amides is 2. The Hall–Kier alpha value is -4.50. The number of benzene rings is 4. The van der Waals surface area contributed by atoms with Gasteiger partial charge in [0.2, 0.25) is 11.8 Å². The Balaban J connectivity index is 1.81. The van der Waals surface area contributed by atoms with Gasteiger partial charge in [0.05, 0.1) is 10.6 Å². The van der Waals surface area contributed by atoms with Crippen molar-refractivity contribution in [3.63, 3.8) is 0 Å². The molecular weight excluding hydrogens is 553 g/mol. The number of carbonyl (C=O) groups excluding carboxylic acids is 2. The highest BCUT2D eigenvalue weighted by Crippen LogP contribution is 2.28. The molecule has 0 unspecified atom stereocenters. The predicted molar refractivity (Wildman–Crippen MR) is 162 cm³/mol. The van der Waals surface area contributed by atoms with Crippen LogP contribution in [0.5, 0.6) is 0 Å². The molecule has 9 heteroatoms. The molecule has 0 aromatic heterocycles. The fraction of sp³-hybridized carbons (Fsp3) is 0.212. The van der Waals surface area contributed by atoms with E-state index in [1.54, 1.807) is 43.3 Å². The minimum absolute atomic E-state index is 0.0317. The summed E-state index contributed by atoms with van der Waals surface area (Å²) < 4.78 is 42.9. The van der Waals surface area contributed by atoms with Gasteiger partial charge in [0.15, 0.2) is 0 Å². The van der Waals surface area contributed by atoms with E-state index in [1.165, 1.54) is 36.2 Å². The van der Waals surface area contributed by atoms with E-state index in [1.807, 2.05) is 49.4 Å². The van der Waals surface area contributed by atoms with Gasteiger partial charge in [-0.2, -0.15) is 0 Å². The summed E-state index contributed by atoms with van der Waals surface area (Å²) in [6.45, 7) is 3.05. The number of rotatable bonds is 11. The number of sulfonamides is 1. The van der Waals surface area contributed by atoms with Crippen LogP contribution in [0.2, 0.25) is 0 Å². The number of nitrogens with zero attached hydrogens (tertiary/aromatic N) is 2. The first kappa shape index (κ1) is 30.5. The van der Waals surface area contributed by atoms with Gasteiger partial charge in [-0.1, -0.05) is 72.8 Å². The maximum Gasteiger partial charge on any atom is 0.264 e. The zero-order chi connectivity index (χ0) is 30.3. The largest absolute Gasteiger partial charge is 0.357 e. The Morgan fingerprint density at radius 2 is 1.45 bits per heavy atom. The van der Waals surface area contributed by atoms with Crippen molar-refractivity contribution in [2.45, 2.75) is 37.8 Å². The van der Waals surface area contributed by atoms with Crippen LogP contribution in [0.1, 0.15) is 22.3 Å². The van der Waals surface area contributed by atoms with E-state index in [-0.39, 0.29) is 17.9 Å². The molecule has 4 aromatic carbocycles. The molecule has 0 fully saturated rings. The third-order valence-corrected chi connectivity index (χ3v) is 8.80. The number of likely N-dealkylation sites (N-methyl/N-ethyl adjacent to an activating group) is 1. The number of halogens is 1. The van der Waals surface area contributed by atoms with Crippen LogP contribution in [0.3, 0.4) is 0 Å². The maximum atomic E-state index is 14.3. The van der Waals surface area contributed by atoms with Gasteiger partial charge in [0.25, 0.3) is 10.0 Å². The summed E-state index contributed by atoms with van der Waals surface area (Å²) >= 11 is 0. The van der Waals surface area contributed by atoms with E-state index in [0.29, 0.717) is 16.8 Å². The molecular formula is C33H34FN3O4S. The minimum atomic E-state index is -4.18. The van der Waals surface area contributed by atoms with Gasteiger partial charge in [-0.25, -0.2) is 12.8 Å². The number of nitrogens with one attached hydrogen (secondary N) is 1. The minimum Gasteiger partial charge on any atom is -0.357 e. The average Bonchev–Trinajstić information content (AvgIpc) is 3.00. The molecule has 218 valence electrons. The van der Waals surface area contributed by atoms with E-state index in [9.17, 15) is 22.4 Å².